The van der Waals surface area contributed by atoms with Gasteiger partial charge in [-0.2, -0.15) is 0 Å². The zero-order valence-electron chi connectivity index (χ0n) is 11.6. The summed E-state index contributed by atoms with van der Waals surface area (Å²) in [5, 5.41) is 2.66. The lowest BCUT2D eigenvalue weighted by Crippen LogP contribution is -2.25. The van der Waals surface area contributed by atoms with Crippen LogP contribution in [0.15, 0.2) is 53.4 Å². The van der Waals surface area contributed by atoms with Gasteiger partial charge in [-0.05, 0) is 48.5 Å². The molecule has 2 nitrogen and oxygen atoms in total. The smallest absolute Gasteiger partial charge is 0.231 e. The number of halogens is 2. The molecule has 0 bridgehead atoms. The minimum Gasteiger partial charge on any atom is -0.344 e. The maximum absolute atomic E-state index is 12.7. The van der Waals surface area contributed by atoms with E-state index >= 15 is 0 Å². The Hall–Kier alpha value is -2.32. The molecule has 0 aliphatic heterocycles. The van der Waals surface area contributed by atoms with Crippen molar-refractivity contribution in [3.63, 3.8) is 0 Å². The highest BCUT2D eigenvalue weighted by atomic mass is 32.2. The second-order valence-electron chi connectivity index (χ2n) is 4.33. The summed E-state index contributed by atoms with van der Waals surface area (Å²) in [6, 6.07) is 11.8. The first-order valence-corrected chi connectivity index (χ1v) is 7.51. The number of benzene rings is 2. The zero-order chi connectivity index (χ0) is 15.8. The summed E-state index contributed by atoms with van der Waals surface area (Å²) in [4.78, 5) is 12.4. The number of nitrogens with one attached hydrogen (secondary N) is 1. The number of carbonyl (C=O) groups is 1. The first kappa shape index (κ1) is 16.1. The molecule has 1 N–H and O–H groups in total. The van der Waals surface area contributed by atoms with Gasteiger partial charge in [0, 0.05) is 10.5 Å². The van der Waals surface area contributed by atoms with Crippen molar-refractivity contribution in [3.8, 4) is 11.8 Å². The molecule has 0 heterocycles. The fourth-order valence-corrected chi connectivity index (χ4v) is 2.28. The summed E-state index contributed by atoms with van der Waals surface area (Å²) in [6.07, 6.45) is 0. The highest BCUT2D eigenvalue weighted by Gasteiger charge is 2.01. The lowest BCUT2D eigenvalue weighted by atomic mass is 10.2. The molecule has 0 unspecified atom stereocenters. The first-order valence-electron chi connectivity index (χ1n) is 6.53. The molecule has 1 amide bonds. The van der Waals surface area contributed by atoms with Gasteiger partial charge in [-0.15, -0.1) is 11.8 Å². The molecule has 0 fully saturated rings. The topological polar surface area (TPSA) is 29.1 Å². The van der Waals surface area contributed by atoms with Gasteiger partial charge in [0.05, 0.1) is 12.3 Å². The minimum atomic E-state index is -0.309. The predicted molar refractivity (Wildman–Crippen MR) is 83.4 cm³/mol. The number of hydrogen-bond acceptors (Lipinski definition) is 2. The van der Waals surface area contributed by atoms with Crippen LogP contribution in [0.1, 0.15) is 5.56 Å². The average Bonchev–Trinajstić information content (AvgIpc) is 2.53. The Kier molecular flexibility index (Phi) is 5.99. The van der Waals surface area contributed by atoms with E-state index in [2.05, 4.69) is 17.2 Å². The van der Waals surface area contributed by atoms with E-state index in [1.807, 2.05) is 0 Å². The Morgan fingerprint density at radius 1 is 1.00 bits per heavy atom. The van der Waals surface area contributed by atoms with Crippen LogP contribution >= 0.6 is 11.8 Å². The maximum atomic E-state index is 12.7. The van der Waals surface area contributed by atoms with Crippen LogP contribution in [-0.2, 0) is 4.79 Å². The second-order valence-corrected chi connectivity index (χ2v) is 5.38. The van der Waals surface area contributed by atoms with Gasteiger partial charge in [-0.3, -0.25) is 4.79 Å². The van der Waals surface area contributed by atoms with Gasteiger partial charge in [0.2, 0.25) is 5.91 Å². The van der Waals surface area contributed by atoms with Crippen LogP contribution in [0.4, 0.5) is 8.78 Å². The van der Waals surface area contributed by atoms with Gasteiger partial charge >= 0.3 is 0 Å². The van der Waals surface area contributed by atoms with Crippen LogP contribution in [0.5, 0.6) is 0 Å². The molecular weight excluding hydrogens is 304 g/mol. The van der Waals surface area contributed by atoms with Crippen LogP contribution in [0.2, 0.25) is 0 Å². The SMILES string of the molecule is O=C(CSc1ccc(F)cc1)NCC#Cc1ccc(F)cc1. The number of amides is 1. The molecule has 2 aromatic carbocycles. The molecule has 2 aromatic rings. The van der Waals surface area contributed by atoms with E-state index in [1.54, 1.807) is 24.3 Å². The van der Waals surface area contributed by atoms with Crippen LogP contribution < -0.4 is 5.32 Å². The van der Waals surface area contributed by atoms with Crippen LogP contribution in [0.25, 0.3) is 0 Å². The van der Waals surface area contributed by atoms with Gasteiger partial charge in [0.25, 0.3) is 0 Å². The fourth-order valence-electron chi connectivity index (χ4n) is 1.55. The third kappa shape index (κ3) is 5.58. The van der Waals surface area contributed by atoms with Crippen molar-refractivity contribution in [1.29, 1.82) is 0 Å². The number of thioether (sulfide) groups is 1. The molecule has 2 rings (SSSR count). The van der Waals surface area contributed by atoms with E-state index in [9.17, 15) is 13.6 Å². The summed E-state index contributed by atoms with van der Waals surface area (Å²) in [5.41, 5.74) is 0.691. The Morgan fingerprint density at radius 3 is 2.23 bits per heavy atom. The summed E-state index contributed by atoms with van der Waals surface area (Å²) in [7, 11) is 0. The van der Waals surface area contributed by atoms with Gasteiger partial charge in [-0.1, -0.05) is 11.8 Å². The van der Waals surface area contributed by atoms with Gasteiger partial charge in [0.15, 0.2) is 0 Å². The van der Waals surface area contributed by atoms with E-state index in [-0.39, 0.29) is 29.8 Å². The molecular formula is C17H13F2NOS. The Bertz CT molecular complexity index is 687. The molecule has 0 saturated heterocycles. The van der Waals surface area contributed by atoms with E-state index in [0.717, 1.165) is 4.90 Å². The summed E-state index contributed by atoms with van der Waals surface area (Å²) < 4.78 is 25.4. The molecule has 0 aromatic heterocycles. The van der Waals surface area contributed by atoms with Crippen molar-refractivity contribution in [3.05, 3.63) is 65.7 Å². The van der Waals surface area contributed by atoms with Crippen LogP contribution in [0.3, 0.4) is 0 Å². The number of carbonyl (C=O) groups excluding carboxylic acids is 1. The number of rotatable bonds is 4. The first-order chi connectivity index (χ1) is 10.6. The molecule has 112 valence electrons. The summed E-state index contributed by atoms with van der Waals surface area (Å²) >= 11 is 1.32. The molecule has 0 aliphatic rings. The fraction of sp³-hybridized carbons (Fsp3) is 0.118. The van der Waals surface area contributed by atoms with E-state index in [1.165, 1.54) is 36.0 Å². The zero-order valence-corrected chi connectivity index (χ0v) is 12.4. The molecule has 0 radical (unpaired) electrons. The Balaban J connectivity index is 1.72. The Labute approximate surface area is 131 Å². The quantitative estimate of drug-likeness (QED) is 0.693. The molecule has 0 atom stereocenters. The highest BCUT2D eigenvalue weighted by Crippen LogP contribution is 2.17. The monoisotopic (exact) mass is 317 g/mol. The standard InChI is InChI=1S/C17H13F2NOS/c18-14-5-3-13(4-6-14)2-1-11-20-17(21)12-22-16-9-7-15(19)8-10-16/h3-10H,11-12H2,(H,20,21). The van der Waals surface area contributed by atoms with Crippen LogP contribution in [-0.4, -0.2) is 18.2 Å². The van der Waals surface area contributed by atoms with Gasteiger partial charge in [0.1, 0.15) is 11.6 Å². The molecule has 0 spiro atoms. The molecule has 5 heteroatoms. The van der Waals surface area contributed by atoms with Gasteiger partial charge in [-0.25, -0.2) is 8.78 Å². The minimum absolute atomic E-state index is 0.150. The normalized spacial score (nSPS) is 9.73. The average molecular weight is 317 g/mol. The molecule has 22 heavy (non-hydrogen) atoms. The third-order valence-corrected chi connectivity index (χ3v) is 3.65. The van der Waals surface area contributed by atoms with Crippen molar-refractivity contribution < 1.29 is 13.6 Å². The lowest BCUT2D eigenvalue weighted by Gasteiger charge is -2.01. The number of hydrogen-bond donors (Lipinski definition) is 1. The van der Waals surface area contributed by atoms with Crippen molar-refractivity contribution in [2.24, 2.45) is 0 Å². The molecule has 0 aliphatic carbocycles. The Morgan fingerprint density at radius 2 is 1.59 bits per heavy atom. The van der Waals surface area contributed by atoms with Crippen molar-refractivity contribution in [1.82, 2.24) is 5.32 Å². The van der Waals surface area contributed by atoms with E-state index < -0.39 is 0 Å². The maximum Gasteiger partial charge on any atom is 0.231 e. The van der Waals surface area contributed by atoms with Crippen LogP contribution in [0, 0.1) is 23.5 Å². The predicted octanol–water partition coefficient (Wildman–Crippen LogP) is 3.22. The lowest BCUT2D eigenvalue weighted by molar-refractivity contribution is -0.118. The van der Waals surface area contributed by atoms with Crippen molar-refractivity contribution in [2.45, 2.75) is 4.90 Å². The molecule has 0 saturated carbocycles. The highest BCUT2D eigenvalue weighted by molar-refractivity contribution is 8.00. The summed E-state index contributed by atoms with van der Waals surface area (Å²) in [5.74, 6) is 5.10. The van der Waals surface area contributed by atoms with E-state index in [4.69, 9.17) is 0 Å². The largest absolute Gasteiger partial charge is 0.344 e. The second kappa shape index (κ2) is 8.20. The summed E-state index contributed by atoms with van der Waals surface area (Å²) in [6.45, 7) is 0.222. The van der Waals surface area contributed by atoms with Crippen molar-refractivity contribution >= 4 is 17.7 Å². The third-order valence-electron chi connectivity index (χ3n) is 2.63. The van der Waals surface area contributed by atoms with Crippen molar-refractivity contribution in [2.75, 3.05) is 12.3 Å². The van der Waals surface area contributed by atoms with E-state index in [0.29, 0.717) is 5.56 Å². The van der Waals surface area contributed by atoms with Gasteiger partial charge < -0.3 is 5.32 Å².